The van der Waals surface area contributed by atoms with Crippen molar-refractivity contribution in [2.24, 2.45) is 7.05 Å². The summed E-state index contributed by atoms with van der Waals surface area (Å²) < 4.78 is 1.60. The van der Waals surface area contributed by atoms with E-state index in [1.807, 2.05) is 19.9 Å². The first-order valence-corrected chi connectivity index (χ1v) is 6.30. The van der Waals surface area contributed by atoms with Crippen LogP contribution >= 0.6 is 0 Å². The second kappa shape index (κ2) is 4.26. The van der Waals surface area contributed by atoms with E-state index in [2.05, 4.69) is 10.1 Å². The number of Topliss-reactive ketones (excluding diaryl/α,β-unsaturated/α-hetero) is 1. The molecule has 102 valence electrons. The number of anilines is 1. The van der Waals surface area contributed by atoms with Crippen LogP contribution in [0.5, 0.6) is 0 Å². The lowest BCUT2D eigenvalue weighted by Crippen LogP contribution is -2.30. The largest absolute Gasteiger partial charge is 0.299 e. The summed E-state index contributed by atoms with van der Waals surface area (Å²) in [6.45, 7) is 4.13. The molecule has 6 nitrogen and oxygen atoms in total. The summed E-state index contributed by atoms with van der Waals surface area (Å²) in [4.78, 5) is 29.8. The Hall–Kier alpha value is -2.50. The van der Waals surface area contributed by atoms with Gasteiger partial charge in [-0.3, -0.25) is 19.2 Å². The lowest BCUT2D eigenvalue weighted by Gasteiger charge is -2.18. The monoisotopic (exact) mass is 270 g/mol. The van der Waals surface area contributed by atoms with Crippen molar-refractivity contribution >= 4 is 17.4 Å². The van der Waals surface area contributed by atoms with Crippen LogP contribution in [-0.4, -0.2) is 26.5 Å². The summed E-state index contributed by atoms with van der Waals surface area (Å²) in [5.41, 5.74) is 3.17. The van der Waals surface area contributed by atoms with Crippen LogP contribution in [0.1, 0.15) is 27.3 Å². The Morgan fingerprint density at radius 1 is 1.20 bits per heavy atom. The molecule has 2 heterocycles. The Kier molecular flexibility index (Phi) is 2.67. The molecule has 0 saturated heterocycles. The number of aromatic nitrogens is 3. The zero-order chi connectivity index (χ0) is 14.4. The van der Waals surface area contributed by atoms with E-state index in [1.165, 1.54) is 11.2 Å². The molecule has 1 aromatic heterocycles. The third-order valence-corrected chi connectivity index (χ3v) is 3.76. The summed E-state index contributed by atoms with van der Waals surface area (Å²) in [5, 5.41) is 3.98. The number of hydrogen-bond donors (Lipinski definition) is 0. The van der Waals surface area contributed by atoms with Crippen molar-refractivity contribution < 1.29 is 9.59 Å². The fourth-order valence-electron chi connectivity index (χ4n) is 2.43. The van der Waals surface area contributed by atoms with Gasteiger partial charge >= 0.3 is 0 Å². The molecule has 6 heteroatoms. The van der Waals surface area contributed by atoms with Crippen molar-refractivity contribution in [1.29, 1.82) is 0 Å². The second-order valence-corrected chi connectivity index (χ2v) is 4.92. The van der Waals surface area contributed by atoms with Crippen LogP contribution in [0.25, 0.3) is 0 Å². The molecule has 1 aliphatic rings. The van der Waals surface area contributed by atoms with Gasteiger partial charge in [0, 0.05) is 7.05 Å². The zero-order valence-corrected chi connectivity index (χ0v) is 11.5. The summed E-state index contributed by atoms with van der Waals surface area (Å²) >= 11 is 0. The third kappa shape index (κ3) is 1.65. The van der Waals surface area contributed by atoms with Gasteiger partial charge in [-0.1, -0.05) is 6.07 Å². The van der Waals surface area contributed by atoms with Gasteiger partial charge in [0.25, 0.3) is 11.7 Å². The van der Waals surface area contributed by atoms with Crippen molar-refractivity contribution in [3.63, 3.8) is 0 Å². The third-order valence-electron chi connectivity index (χ3n) is 3.76. The predicted octanol–water partition coefficient (Wildman–Crippen LogP) is 1.16. The van der Waals surface area contributed by atoms with E-state index in [-0.39, 0.29) is 6.54 Å². The maximum Gasteiger partial charge on any atom is 0.299 e. The van der Waals surface area contributed by atoms with Gasteiger partial charge in [-0.05, 0) is 31.0 Å². The molecule has 20 heavy (non-hydrogen) atoms. The molecule has 3 rings (SSSR count). The van der Waals surface area contributed by atoms with Crippen LogP contribution in [-0.2, 0) is 18.4 Å². The van der Waals surface area contributed by atoms with Crippen molar-refractivity contribution in [3.05, 3.63) is 41.0 Å². The van der Waals surface area contributed by atoms with Crippen LogP contribution in [0.2, 0.25) is 0 Å². The van der Waals surface area contributed by atoms with E-state index >= 15 is 0 Å². The number of carbonyl (C=O) groups excluding carboxylic acids is 2. The van der Waals surface area contributed by atoms with E-state index in [1.54, 1.807) is 17.8 Å². The molecule has 0 fully saturated rings. The molecule has 0 saturated carbocycles. The fraction of sp³-hybridized carbons (Fsp3) is 0.286. The van der Waals surface area contributed by atoms with Crippen molar-refractivity contribution in [1.82, 2.24) is 14.8 Å². The number of hydrogen-bond acceptors (Lipinski definition) is 4. The van der Waals surface area contributed by atoms with Gasteiger partial charge in [0.1, 0.15) is 12.2 Å². The molecule has 0 aliphatic carbocycles. The van der Waals surface area contributed by atoms with E-state index in [0.717, 1.165) is 11.1 Å². The number of nitrogens with zero attached hydrogens (tertiary/aromatic N) is 4. The molecular weight excluding hydrogens is 256 g/mol. The van der Waals surface area contributed by atoms with Crippen molar-refractivity contribution in [2.45, 2.75) is 20.4 Å². The smallest absolute Gasteiger partial charge is 0.297 e. The first kappa shape index (κ1) is 12.5. The number of amides is 1. The topological polar surface area (TPSA) is 68.1 Å². The number of fused-ring (bicyclic) bond motifs is 1. The summed E-state index contributed by atoms with van der Waals surface area (Å²) in [6, 6.07) is 3.58. The number of aryl methyl sites for hydroxylation is 2. The van der Waals surface area contributed by atoms with Gasteiger partial charge in [0.15, 0.2) is 0 Å². The highest BCUT2D eigenvalue weighted by Gasteiger charge is 2.37. The van der Waals surface area contributed by atoms with Crippen molar-refractivity contribution in [2.75, 3.05) is 4.90 Å². The molecule has 0 unspecified atom stereocenters. The molecule has 2 aromatic rings. The van der Waals surface area contributed by atoms with Crippen molar-refractivity contribution in [3.8, 4) is 0 Å². The molecule has 0 radical (unpaired) electrons. The highest BCUT2D eigenvalue weighted by atomic mass is 16.2. The summed E-state index contributed by atoms with van der Waals surface area (Å²) in [6.07, 6.45) is 1.43. The normalized spacial score (nSPS) is 14.1. The molecule has 1 amide bonds. The maximum absolute atomic E-state index is 12.2. The van der Waals surface area contributed by atoms with E-state index in [0.29, 0.717) is 17.1 Å². The van der Waals surface area contributed by atoms with Gasteiger partial charge in [0.05, 0.1) is 17.8 Å². The predicted molar refractivity (Wildman–Crippen MR) is 72.4 cm³/mol. The van der Waals surface area contributed by atoms with Gasteiger partial charge in [0.2, 0.25) is 0 Å². The molecule has 1 aromatic carbocycles. The quantitative estimate of drug-likeness (QED) is 0.768. The molecular formula is C14H14N4O2. The number of carbonyl (C=O) groups is 2. The number of rotatable bonds is 2. The van der Waals surface area contributed by atoms with Crippen LogP contribution < -0.4 is 4.90 Å². The SMILES string of the molecule is Cc1ccc2c(c1C)N(Cc1ncnn1C)C(=O)C2=O. The average molecular weight is 270 g/mol. The Labute approximate surface area is 116 Å². The van der Waals surface area contributed by atoms with Gasteiger partial charge in [-0.25, -0.2) is 4.98 Å². The van der Waals surface area contributed by atoms with Crippen LogP contribution in [0, 0.1) is 13.8 Å². The lowest BCUT2D eigenvalue weighted by molar-refractivity contribution is -0.114. The minimum absolute atomic E-state index is 0.248. The molecule has 0 spiro atoms. The lowest BCUT2D eigenvalue weighted by atomic mass is 10.0. The highest BCUT2D eigenvalue weighted by molar-refractivity contribution is 6.52. The minimum atomic E-state index is -0.503. The molecule has 0 atom stereocenters. The van der Waals surface area contributed by atoms with E-state index < -0.39 is 11.7 Å². The summed E-state index contributed by atoms with van der Waals surface area (Å²) in [7, 11) is 1.76. The van der Waals surface area contributed by atoms with Crippen LogP contribution in [0.15, 0.2) is 18.5 Å². The van der Waals surface area contributed by atoms with E-state index in [9.17, 15) is 9.59 Å². The zero-order valence-electron chi connectivity index (χ0n) is 11.5. The molecule has 0 bridgehead atoms. The number of ketones is 1. The Morgan fingerprint density at radius 2 is 1.95 bits per heavy atom. The Morgan fingerprint density at radius 3 is 2.60 bits per heavy atom. The fourth-order valence-corrected chi connectivity index (χ4v) is 2.43. The van der Waals surface area contributed by atoms with Gasteiger partial charge in [-0.2, -0.15) is 5.10 Å². The van der Waals surface area contributed by atoms with Crippen LogP contribution in [0.4, 0.5) is 5.69 Å². The first-order valence-electron chi connectivity index (χ1n) is 6.30. The van der Waals surface area contributed by atoms with Crippen LogP contribution in [0.3, 0.4) is 0 Å². The summed E-state index contributed by atoms with van der Waals surface area (Å²) in [5.74, 6) is -0.318. The first-order chi connectivity index (χ1) is 9.50. The molecule has 0 N–H and O–H groups in total. The number of benzene rings is 1. The highest BCUT2D eigenvalue weighted by Crippen LogP contribution is 2.34. The Balaban J connectivity index is 2.10. The Bertz CT molecular complexity index is 733. The minimum Gasteiger partial charge on any atom is -0.297 e. The molecule has 1 aliphatic heterocycles. The maximum atomic E-state index is 12.2. The van der Waals surface area contributed by atoms with Gasteiger partial charge in [-0.15, -0.1) is 0 Å². The van der Waals surface area contributed by atoms with E-state index in [4.69, 9.17) is 0 Å². The average Bonchev–Trinajstić information content (AvgIpc) is 2.92. The second-order valence-electron chi connectivity index (χ2n) is 4.92. The van der Waals surface area contributed by atoms with Gasteiger partial charge < -0.3 is 0 Å². The standard InChI is InChI=1S/C14H14N4O2/c1-8-4-5-10-12(9(8)2)18(14(20)13(10)19)6-11-15-7-16-17(11)3/h4-5,7H,6H2,1-3H3.